The van der Waals surface area contributed by atoms with Crippen molar-refractivity contribution >= 4 is 21.6 Å². The monoisotopic (exact) mass is 324 g/mol. The van der Waals surface area contributed by atoms with Crippen LogP contribution in [0.4, 0.5) is 10.5 Å². The van der Waals surface area contributed by atoms with E-state index in [9.17, 15) is 13.2 Å². The molecule has 0 unspecified atom stereocenters. The molecule has 2 amide bonds. The minimum absolute atomic E-state index is 0.0547. The van der Waals surface area contributed by atoms with Crippen LogP contribution in [0.3, 0.4) is 0 Å². The Morgan fingerprint density at radius 3 is 2.59 bits per heavy atom. The molecule has 1 aromatic rings. The van der Waals surface area contributed by atoms with Crippen LogP contribution in [0.1, 0.15) is 37.8 Å². The second-order valence-electron chi connectivity index (χ2n) is 6.68. The van der Waals surface area contributed by atoms with Gasteiger partial charge in [0.2, 0.25) is 0 Å². The van der Waals surface area contributed by atoms with E-state index < -0.39 is 15.4 Å². The summed E-state index contributed by atoms with van der Waals surface area (Å²) >= 11 is 0. The smallest absolute Gasteiger partial charge is 0.319 e. The molecule has 2 rings (SSSR count). The van der Waals surface area contributed by atoms with Gasteiger partial charge in [-0.3, -0.25) is 0 Å². The number of fused-ring (bicyclic) bond motifs is 1. The van der Waals surface area contributed by atoms with E-state index in [4.69, 9.17) is 0 Å². The third-order valence-corrected chi connectivity index (χ3v) is 4.85. The van der Waals surface area contributed by atoms with E-state index in [1.165, 1.54) is 23.8 Å². The van der Waals surface area contributed by atoms with Crippen LogP contribution in [-0.4, -0.2) is 32.0 Å². The van der Waals surface area contributed by atoms with E-state index in [1.54, 1.807) is 0 Å². The second-order valence-corrected chi connectivity index (χ2v) is 8.94. The number of sulfone groups is 1. The molecule has 0 saturated heterocycles. The van der Waals surface area contributed by atoms with Crippen molar-refractivity contribution in [3.63, 3.8) is 0 Å². The van der Waals surface area contributed by atoms with Crippen molar-refractivity contribution in [2.24, 2.45) is 0 Å². The lowest BCUT2D eigenvalue weighted by Gasteiger charge is -2.26. The lowest BCUT2D eigenvalue weighted by atomic mass is 10.0. The molecule has 0 spiro atoms. The predicted molar refractivity (Wildman–Crippen MR) is 89.0 cm³/mol. The zero-order chi connectivity index (χ0) is 16.4. The van der Waals surface area contributed by atoms with E-state index >= 15 is 0 Å². The normalized spacial score (nSPS) is 14.5. The summed E-state index contributed by atoms with van der Waals surface area (Å²) in [7, 11) is -3.03. The standard InChI is InChI=1S/C16H24N2O3S/c1-16(2,9-10-22(3,20)21)18-15(19)17-14-8-7-12-5-4-6-13(12)11-14/h7-8,11H,4-6,9-10H2,1-3H3,(H2,17,18,19). The van der Waals surface area contributed by atoms with Crippen LogP contribution in [0, 0.1) is 0 Å². The van der Waals surface area contributed by atoms with Gasteiger partial charge in [0, 0.05) is 17.5 Å². The van der Waals surface area contributed by atoms with E-state index in [0.29, 0.717) is 6.42 Å². The third-order valence-electron chi connectivity index (χ3n) is 3.91. The first-order valence-corrected chi connectivity index (χ1v) is 9.59. The number of aryl methyl sites for hydroxylation is 2. The minimum atomic E-state index is -3.03. The fourth-order valence-corrected chi connectivity index (χ4v) is 3.50. The Bertz CT molecular complexity index is 666. The molecule has 0 bridgehead atoms. The Labute approximate surface area is 132 Å². The second kappa shape index (κ2) is 6.28. The molecule has 5 nitrogen and oxygen atoms in total. The van der Waals surface area contributed by atoms with Crippen LogP contribution in [0.5, 0.6) is 0 Å². The topological polar surface area (TPSA) is 75.3 Å². The molecule has 0 atom stereocenters. The molecule has 0 saturated carbocycles. The van der Waals surface area contributed by atoms with Gasteiger partial charge in [-0.1, -0.05) is 6.07 Å². The number of benzene rings is 1. The summed E-state index contributed by atoms with van der Waals surface area (Å²) in [6.07, 6.45) is 4.92. The van der Waals surface area contributed by atoms with Gasteiger partial charge in [0.15, 0.2) is 0 Å². The zero-order valence-electron chi connectivity index (χ0n) is 13.4. The Balaban J connectivity index is 1.92. The highest BCUT2D eigenvalue weighted by Gasteiger charge is 2.22. The summed E-state index contributed by atoms with van der Waals surface area (Å²) in [5.74, 6) is 0.0547. The first-order chi connectivity index (χ1) is 10.1. The molecular formula is C16H24N2O3S. The van der Waals surface area contributed by atoms with Crippen LogP contribution >= 0.6 is 0 Å². The number of amides is 2. The lowest BCUT2D eigenvalue weighted by Crippen LogP contribution is -2.46. The van der Waals surface area contributed by atoms with Gasteiger partial charge in [0.1, 0.15) is 9.84 Å². The highest BCUT2D eigenvalue weighted by molar-refractivity contribution is 7.90. The molecule has 0 heterocycles. The first kappa shape index (κ1) is 16.8. The summed E-state index contributed by atoms with van der Waals surface area (Å²) in [5, 5.41) is 5.66. The quantitative estimate of drug-likeness (QED) is 0.874. The highest BCUT2D eigenvalue weighted by atomic mass is 32.2. The molecule has 6 heteroatoms. The number of anilines is 1. The van der Waals surface area contributed by atoms with Crippen molar-refractivity contribution in [3.05, 3.63) is 29.3 Å². The van der Waals surface area contributed by atoms with Gasteiger partial charge >= 0.3 is 6.03 Å². The molecule has 1 aliphatic carbocycles. The van der Waals surface area contributed by atoms with E-state index in [0.717, 1.165) is 18.5 Å². The molecule has 122 valence electrons. The van der Waals surface area contributed by atoms with Gasteiger partial charge < -0.3 is 10.6 Å². The van der Waals surface area contributed by atoms with Crippen molar-refractivity contribution in [2.75, 3.05) is 17.3 Å². The number of nitrogens with one attached hydrogen (secondary N) is 2. The van der Waals surface area contributed by atoms with Crippen LogP contribution in [-0.2, 0) is 22.7 Å². The SMILES string of the molecule is CC(C)(CCS(C)(=O)=O)NC(=O)Nc1ccc2c(c1)CCC2. The van der Waals surface area contributed by atoms with Crippen LogP contribution in [0.15, 0.2) is 18.2 Å². The van der Waals surface area contributed by atoms with Crippen molar-refractivity contribution in [1.82, 2.24) is 5.32 Å². The number of rotatable bonds is 5. The summed E-state index contributed by atoms with van der Waals surface area (Å²) in [6, 6.07) is 5.68. The minimum Gasteiger partial charge on any atom is -0.333 e. The Kier molecular flexibility index (Phi) is 4.80. The largest absolute Gasteiger partial charge is 0.333 e. The summed E-state index contributed by atoms with van der Waals surface area (Å²) < 4.78 is 22.5. The van der Waals surface area contributed by atoms with Crippen molar-refractivity contribution < 1.29 is 13.2 Å². The highest BCUT2D eigenvalue weighted by Crippen LogP contribution is 2.24. The number of hydrogen-bond donors (Lipinski definition) is 2. The summed E-state index contributed by atoms with van der Waals surface area (Å²) in [6.45, 7) is 3.64. The van der Waals surface area contributed by atoms with Gasteiger partial charge in [-0.15, -0.1) is 0 Å². The average Bonchev–Trinajstić information content (AvgIpc) is 2.82. The molecule has 22 heavy (non-hydrogen) atoms. The van der Waals surface area contributed by atoms with E-state index in [-0.39, 0.29) is 11.8 Å². The third kappa shape index (κ3) is 5.02. The maximum atomic E-state index is 12.1. The summed E-state index contributed by atoms with van der Waals surface area (Å²) in [4.78, 5) is 12.1. The molecule has 0 aromatic heterocycles. The molecule has 0 aliphatic heterocycles. The Morgan fingerprint density at radius 1 is 1.23 bits per heavy atom. The molecular weight excluding hydrogens is 300 g/mol. The molecule has 2 N–H and O–H groups in total. The number of urea groups is 1. The van der Waals surface area contributed by atoms with Crippen molar-refractivity contribution in [2.45, 2.75) is 45.1 Å². The van der Waals surface area contributed by atoms with Crippen molar-refractivity contribution in [3.8, 4) is 0 Å². The molecule has 0 fully saturated rings. The van der Waals surface area contributed by atoms with Gasteiger partial charge in [-0.25, -0.2) is 13.2 Å². The Hall–Kier alpha value is -1.56. The first-order valence-electron chi connectivity index (χ1n) is 7.53. The fraction of sp³-hybridized carbons (Fsp3) is 0.562. The Morgan fingerprint density at radius 2 is 1.91 bits per heavy atom. The van der Waals surface area contributed by atoms with Crippen LogP contribution in [0.25, 0.3) is 0 Å². The van der Waals surface area contributed by atoms with Gasteiger partial charge in [0.25, 0.3) is 0 Å². The molecule has 1 aliphatic rings. The van der Waals surface area contributed by atoms with Gasteiger partial charge in [-0.05, 0) is 62.8 Å². The number of carbonyl (C=O) groups is 1. The summed E-state index contributed by atoms with van der Waals surface area (Å²) in [5.41, 5.74) is 2.86. The van der Waals surface area contributed by atoms with Crippen molar-refractivity contribution in [1.29, 1.82) is 0 Å². The van der Waals surface area contributed by atoms with Gasteiger partial charge in [-0.2, -0.15) is 0 Å². The van der Waals surface area contributed by atoms with E-state index in [2.05, 4.69) is 16.7 Å². The lowest BCUT2D eigenvalue weighted by molar-refractivity contribution is 0.240. The average molecular weight is 324 g/mol. The zero-order valence-corrected chi connectivity index (χ0v) is 14.2. The van der Waals surface area contributed by atoms with Crippen LogP contribution in [0.2, 0.25) is 0 Å². The van der Waals surface area contributed by atoms with Gasteiger partial charge in [0.05, 0.1) is 5.75 Å². The maximum Gasteiger partial charge on any atom is 0.319 e. The number of hydrogen-bond acceptors (Lipinski definition) is 3. The molecule has 1 aromatic carbocycles. The predicted octanol–water partition coefficient (Wildman–Crippen LogP) is 2.51. The van der Waals surface area contributed by atoms with E-state index in [1.807, 2.05) is 26.0 Å². The van der Waals surface area contributed by atoms with Crippen LogP contribution < -0.4 is 10.6 Å². The maximum absolute atomic E-state index is 12.1. The fourth-order valence-electron chi connectivity index (χ4n) is 2.62. The molecule has 0 radical (unpaired) electrons. The number of carbonyl (C=O) groups excluding carboxylic acids is 1.